The Labute approximate surface area is 104 Å². The van der Waals surface area contributed by atoms with Crippen LogP contribution in [-0.2, 0) is 11.2 Å². The molecule has 0 radical (unpaired) electrons. The SMILES string of the molecule is c1ccc(CCNCCCC2CCCO2)cc1. The van der Waals surface area contributed by atoms with Gasteiger partial charge in [0.1, 0.15) is 0 Å². The minimum absolute atomic E-state index is 0.547. The van der Waals surface area contributed by atoms with Gasteiger partial charge in [-0.1, -0.05) is 30.3 Å². The Kier molecular flexibility index (Phi) is 5.53. The molecule has 1 aliphatic rings. The van der Waals surface area contributed by atoms with Gasteiger partial charge in [-0.05, 0) is 50.8 Å². The smallest absolute Gasteiger partial charge is 0.0576 e. The summed E-state index contributed by atoms with van der Waals surface area (Å²) in [5.41, 5.74) is 1.42. The minimum atomic E-state index is 0.547. The van der Waals surface area contributed by atoms with Crippen LogP contribution in [0.15, 0.2) is 30.3 Å². The van der Waals surface area contributed by atoms with Crippen LogP contribution in [0.4, 0.5) is 0 Å². The Morgan fingerprint density at radius 2 is 2.06 bits per heavy atom. The first kappa shape index (κ1) is 12.6. The third kappa shape index (κ3) is 4.88. The molecule has 1 atom stereocenters. The molecule has 2 heteroatoms. The number of ether oxygens (including phenoxy) is 1. The second-order valence-electron chi connectivity index (χ2n) is 4.76. The van der Waals surface area contributed by atoms with E-state index >= 15 is 0 Å². The van der Waals surface area contributed by atoms with E-state index in [4.69, 9.17) is 4.74 Å². The lowest BCUT2D eigenvalue weighted by atomic mass is 10.1. The van der Waals surface area contributed by atoms with Crippen LogP contribution in [0.1, 0.15) is 31.2 Å². The monoisotopic (exact) mass is 233 g/mol. The minimum Gasteiger partial charge on any atom is -0.378 e. The molecule has 0 amide bonds. The first-order valence-electron chi connectivity index (χ1n) is 6.81. The molecule has 1 aliphatic heterocycles. The lowest BCUT2D eigenvalue weighted by Gasteiger charge is -2.09. The summed E-state index contributed by atoms with van der Waals surface area (Å²) in [7, 11) is 0. The number of nitrogens with one attached hydrogen (secondary N) is 1. The summed E-state index contributed by atoms with van der Waals surface area (Å²) < 4.78 is 5.60. The van der Waals surface area contributed by atoms with Crippen molar-refractivity contribution in [2.24, 2.45) is 0 Å². The fourth-order valence-corrected chi connectivity index (χ4v) is 2.33. The van der Waals surface area contributed by atoms with Gasteiger partial charge < -0.3 is 10.1 Å². The van der Waals surface area contributed by atoms with Crippen molar-refractivity contribution in [3.8, 4) is 0 Å². The highest BCUT2D eigenvalue weighted by molar-refractivity contribution is 5.14. The van der Waals surface area contributed by atoms with Crippen molar-refractivity contribution in [2.45, 2.75) is 38.2 Å². The molecule has 2 nitrogen and oxygen atoms in total. The molecular formula is C15H23NO. The van der Waals surface area contributed by atoms with Crippen LogP contribution in [-0.4, -0.2) is 25.8 Å². The van der Waals surface area contributed by atoms with Crippen molar-refractivity contribution in [1.82, 2.24) is 5.32 Å². The zero-order valence-electron chi connectivity index (χ0n) is 10.5. The molecule has 1 saturated heterocycles. The molecule has 1 fully saturated rings. The predicted octanol–water partition coefficient (Wildman–Crippen LogP) is 2.78. The van der Waals surface area contributed by atoms with Crippen molar-refractivity contribution >= 4 is 0 Å². The van der Waals surface area contributed by atoms with Gasteiger partial charge in [-0.15, -0.1) is 0 Å². The normalized spacial score (nSPS) is 19.6. The van der Waals surface area contributed by atoms with E-state index in [2.05, 4.69) is 35.6 Å². The summed E-state index contributed by atoms with van der Waals surface area (Å²) in [5, 5.41) is 3.50. The molecule has 0 saturated carbocycles. The zero-order valence-corrected chi connectivity index (χ0v) is 10.5. The average Bonchev–Trinajstić information content (AvgIpc) is 2.88. The molecular weight excluding hydrogens is 210 g/mol. The number of benzene rings is 1. The Morgan fingerprint density at radius 1 is 1.18 bits per heavy atom. The quantitative estimate of drug-likeness (QED) is 0.731. The van der Waals surface area contributed by atoms with Gasteiger partial charge in [-0.3, -0.25) is 0 Å². The van der Waals surface area contributed by atoms with Gasteiger partial charge in [0.2, 0.25) is 0 Å². The van der Waals surface area contributed by atoms with Crippen molar-refractivity contribution in [1.29, 1.82) is 0 Å². The molecule has 2 rings (SSSR count). The zero-order chi connectivity index (χ0) is 11.8. The summed E-state index contributed by atoms with van der Waals surface area (Å²) in [6.07, 6.45) is 6.65. The van der Waals surface area contributed by atoms with Crippen LogP contribution >= 0.6 is 0 Å². The largest absolute Gasteiger partial charge is 0.378 e. The van der Waals surface area contributed by atoms with Crippen LogP contribution in [0.25, 0.3) is 0 Å². The molecule has 1 N–H and O–H groups in total. The van der Waals surface area contributed by atoms with Gasteiger partial charge in [0, 0.05) is 6.61 Å². The summed E-state index contributed by atoms with van der Waals surface area (Å²) in [6.45, 7) is 3.17. The highest BCUT2D eigenvalue weighted by Gasteiger charge is 2.14. The molecule has 0 aromatic heterocycles. The Balaban J connectivity index is 1.46. The fraction of sp³-hybridized carbons (Fsp3) is 0.600. The molecule has 1 aromatic rings. The highest BCUT2D eigenvalue weighted by atomic mass is 16.5. The first-order valence-corrected chi connectivity index (χ1v) is 6.81. The van der Waals surface area contributed by atoms with E-state index in [1.54, 1.807) is 0 Å². The summed E-state index contributed by atoms with van der Waals surface area (Å²) in [6, 6.07) is 10.7. The van der Waals surface area contributed by atoms with E-state index in [0.717, 1.165) is 26.1 Å². The molecule has 1 unspecified atom stereocenters. The van der Waals surface area contributed by atoms with Crippen LogP contribution in [0.3, 0.4) is 0 Å². The third-order valence-corrected chi connectivity index (χ3v) is 3.34. The summed E-state index contributed by atoms with van der Waals surface area (Å²) in [5.74, 6) is 0. The van der Waals surface area contributed by atoms with Crippen molar-refractivity contribution in [3.05, 3.63) is 35.9 Å². The lowest BCUT2D eigenvalue weighted by Crippen LogP contribution is -2.19. The highest BCUT2D eigenvalue weighted by Crippen LogP contribution is 2.16. The molecule has 1 aromatic carbocycles. The van der Waals surface area contributed by atoms with Crippen LogP contribution < -0.4 is 5.32 Å². The second-order valence-corrected chi connectivity index (χ2v) is 4.76. The van der Waals surface area contributed by atoms with E-state index in [-0.39, 0.29) is 0 Å². The van der Waals surface area contributed by atoms with Gasteiger partial charge in [-0.25, -0.2) is 0 Å². The summed E-state index contributed by atoms with van der Waals surface area (Å²) >= 11 is 0. The maximum atomic E-state index is 5.60. The number of hydrogen-bond acceptors (Lipinski definition) is 2. The second kappa shape index (κ2) is 7.46. The van der Waals surface area contributed by atoms with Crippen LogP contribution in [0.2, 0.25) is 0 Å². The molecule has 17 heavy (non-hydrogen) atoms. The van der Waals surface area contributed by atoms with Gasteiger partial charge in [-0.2, -0.15) is 0 Å². The van der Waals surface area contributed by atoms with Crippen LogP contribution in [0.5, 0.6) is 0 Å². The van der Waals surface area contributed by atoms with E-state index in [1.807, 2.05) is 0 Å². The number of rotatable bonds is 7. The van der Waals surface area contributed by atoms with Gasteiger partial charge >= 0.3 is 0 Å². The Morgan fingerprint density at radius 3 is 2.82 bits per heavy atom. The van der Waals surface area contributed by atoms with Crippen molar-refractivity contribution in [3.63, 3.8) is 0 Å². The molecule has 94 valence electrons. The van der Waals surface area contributed by atoms with E-state index in [0.29, 0.717) is 6.10 Å². The molecule has 0 aliphatic carbocycles. The predicted molar refractivity (Wildman–Crippen MR) is 71.2 cm³/mol. The topological polar surface area (TPSA) is 21.3 Å². The average molecular weight is 233 g/mol. The van der Waals surface area contributed by atoms with Gasteiger partial charge in [0.25, 0.3) is 0 Å². The van der Waals surface area contributed by atoms with Gasteiger partial charge in [0.05, 0.1) is 6.10 Å². The van der Waals surface area contributed by atoms with E-state index in [1.165, 1.54) is 31.2 Å². The van der Waals surface area contributed by atoms with Crippen molar-refractivity contribution in [2.75, 3.05) is 19.7 Å². The van der Waals surface area contributed by atoms with E-state index in [9.17, 15) is 0 Å². The van der Waals surface area contributed by atoms with Crippen LogP contribution in [0, 0.1) is 0 Å². The van der Waals surface area contributed by atoms with Crippen molar-refractivity contribution < 1.29 is 4.74 Å². The maximum Gasteiger partial charge on any atom is 0.0576 e. The summed E-state index contributed by atoms with van der Waals surface area (Å²) in [4.78, 5) is 0. The maximum absolute atomic E-state index is 5.60. The Bertz CT molecular complexity index is 293. The van der Waals surface area contributed by atoms with E-state index < -0.39 is 0 Å². The fourth-order valence-electron chi connectivity index (χ4n) is 2.33. The third-order valence-electron chi connectivity index (χ3n) is 3.34. The standard InChI is InChI=1S/C15H23NO/c1-2-6-14(7-3-1)10-12-16-11-4-8-15-9-5-13-17-15/h1-3,6-7,15-16H,4-5,8-13H2. The number of hydrogen-bond donors (Lipinski definition) is 1. The Hall–Kier alpha value is -0.860. The first-order chi connectivity index (χ1) is 8.45. The van der Waals surface area contributed by atoms with Gasteiger partial charge in [0.15, 0.2) is 0 Å². The lowest BCUT2D eigenvalue weighted by molar-refractivity contribution is 0.102. The molecule has 0 spiro atoms. The molecule has 1 heterocycles. The molecule has 0 bridgehead atoms.